The molecule has 0 bridgehead atoms. The standard InChI is InChI=1S/C11H15ClO/c1-7-5-8(11(2,3)4)10(13)6-9(7)12/h5-6,13H,1-4H3. The fourth-order valence-corrected chi connectivity index (χ4v) is 1.43. The minimum atomic E-state index is -0.0422. The van der Waals surface area contributed by atoms with Crippen LogP contribution in [0.15, 0.2) is 12.1 Å². The molecule has 0 aliphatic rings. The Morgan fingerprint density at radius 2 is 1.77 bits per heavy atom. The largest absolute Gasteiger partial charge is 0.508 e. The predicted octanol–water partition coefficient (Wildman–Crippen LogP) is 3.65. The van der Waals surface area contributed by atoms with Crippen molar-refractivity contribution in [2.24, 2.45) is 0 Å². The van der Waals surface area contributed by atoms with Crippen LogP contribution in [0.3, 0.4) is 0 Å². The second kappa shape index (κ2) is 3.22. The van der Waals surface area contributed by atoms with Gasteiger partial charge in [0.05, 0.1) is 0 Å². The molecule has 1 aromatic rings. The van der Waals surface area contributed by atoms with Gasteiger partial charge in [-0.25, -0.2) is 0 Å². The van der Waals surface area contributed by atoms with Gasteiger partial charge in [0.15, 0.2) is 0 Å². The van der Waals surface area contributed by atoms with Gasteiger partial charge in [0.1, 0.15) is 5.75 Å². The van der Waals surface area contributed by atoms with Crippen molar-refractivity contribution < 1.29 is 5.11 Å². The lowest BCUT2D eigenvalue weighted by atomic mass is 9.85. The highest BCUT2D eigenvalue weighted by molar-refractivity contribution is 6.31. The number of phenols is 1. The van der Waals surface area contributed by atoms with E-state index >= 15 is 0 Å². The van der Waals surface area contributed by atoms with Gasteiger partial charge in [-0.3, -0.25) is 0 Å². The number of aromatic hydroxyl groups is 1. The van der Waals surface area contributed by atoms with Crippen LogP contribution in [0.4, 0.5) is 0 Å². The van der Waals surface area contributed by atoms with Crippen molar-refractivity contribution in [1.82, 2.24) is 0 Å². The summed E-state index contributed by atoms with van der Waals surface area (Å²) >= 11 is 5.88. The van der Waals surface area contributed by atoms with Crippen LogP contribution in [0.1, 0.15) is 31.9 Å². The van der Waals surface area contributed by atoms with E-state index in [1.165, 1.54) is 0 Å². The number of aryl methyl sites for hydroxylation is 1. The van der Waals surface area contributed by atoms with E-state index in [1.807, 2.05) is 13.0 Å². The Bertz CT molecular complexity index is 324. The third kappa shape index (κ3) is 2.16. The first-order chi connectivity index (χ1) is 5.82. The summed E-state index contributed by atoms with van der Waals surface area (Å²) in [6.45, 7) is 8.14. The SMILES string of the molecule is Cc1cc(C(C)(C)C)c(O)cc1Cl. The van der Waals surface area contributed by atoms with Gasteiger partial charge < -0.3 is 5.11 Å². The Labute approximate surface area is 84.4 Å². The molecule has 13 heavy (non-hydrogen) atoms. The normalized spacial score (nSPS) is 11.8. The third-order valence-electron chi connectivity index (χ3n) is 2.08. The summed E-state index contributed by atoms with van der Waals surface area (Å²) in [5.74, 6) is 0.281. The summed E-state index contributed by atoms with van der Waals surface area (Å²) < 4.78 is 0. The van der Waals surface area contributed by atoms with Gasteiger partial charge in [-0.2, -0.15) is 0 Å². The summed E-state index contributed by atoms with van der Waals surface area (Å²) in [5.41, 5.74) is 1.90. The van der Waals surface area contributed by atoms with Crippen molar-refractivity contribution in [3.05, 3.63) is 28.3 Å². The number of phenolic OH excluding ortho intramolecular Hbond substituents is 1. The highest BCUT2D eigenvalue weighted by atomic mass is 35.5. The number of halogens is 1. The van der Waals surface area contributed by atoms with E-state index in [9.17, 15) is 5.11 Å². The molecule has 0 aromatic heterocycles. The first-order valence-corrected chi connectivity index (χ1v) is 4.70. The molecule has 0 aliphatic heterocycles. The van der Waals surface area contributed by atoms with E-state index in [1.54, 1.807) is 6.07 Å². The predicted molar refractivity (Wildman–Crippen MR) is 56.6 cm³/mol. The van der Waals surface area contributed by atoms with Crippen molar-refractivity contribution in [2.75, 3.05) is 0 Å². The van der Waals surface area contributed by atoms with Crippen molar-refractivity contribution in [3.63, 3.8) is 0 Å². The third-order valence-corrected chi connectivity index (χ3v) is 2.49. The average molecular weight is 199 g/mol. The molecule has 0 atom stereocenters. The summed E-state index contributed by atoms with van der Waals surface area (Å²) in [5, 5.41) is 10.3. The molecule has 0 spiro atoms. The van der Waals surface area contributed by atoms with E-state index in [0.29, 0.717) is 5.02 Å². The van der Waals surface area contributed by atoms with Crippen LogP contribution >= 0.6 is 11.6 Å². The molecule has 0 fully saturated rings. The molecule has 0 radical (unpaired) electrons. The maximum atomic E-state index is 9.67. The van der Waals surface area contributed by atoms with Gasteiger partial charge >= 0.3 is 0 Å². The molecule has 0 amide bonds. The van der Waals surface area contributed by atoms with Crippen LogP contribution in [-0.2, 0) is 5.41 Å². The van der Waals surface area contributed by atoms with Crippen molar-refractivity contribution >= 4 is 11.6 Å². The second-order valence-corrected chi connectivity index (χ2v) is 4.78. The van der Waals surface area contributed by atoms with E-state index in [4.69, 9.17) is 11.6 Å². The van der Waals surface area contributed by atoms with E-state index in [0.717, 1.165) is 11.1 Å². The number of benzene rings is 1. The zero-order valence-electron chi connectivity index (χ0n) is 8.48. The molecular formula is C11H15ClO. The summed E-state index contributed by atoms with van der Waals surface area (Å²) in [6.07, 6.45) is 0. The summed E-state index contributed by atoms with van der Waals surface area (Å²) in [4.78, 5) is 0. The second-order valence-electron chi connectivity index (χ2n) is 4.37. The first kappa shape index (κ1) is 10.4. The van der Waals surface area contributed by atoms with Crippen LogP contribution in [0, 0.1) is 6.92 Å². The molecule has 1 nitrogen and oxygen atoms in total. The smallest absolute Gasteiger partial charge is 0.120 e. The minimum absolute atomic E-state index is 0.0422. The van der Waals surface area contributed by atoms with Gasteiger partial charge in [-0.05, 0) is 29.5 Å². The van der Waals surface area contributed by atoms with Crippen LogP contribution in [0.5, 0.6) is 5.75 Å². The molecule has 0 aliphatic carbocycles. The lowest BCUT2D eigenvalue weighted by Gasteiger charge is -2.21. The van der Waals surface area contributed by atoms with Crippen LogP contribution in [0.2, 0.25) is 5.02 Å². The molecule has 0 heterocycles. The van der Waals surface area contributed by atoms with Crippen LogP contribution < -0.4 is 0 Å². The molecular weight excluding hydrogens is 184 g/mol. The lowest BCUT2D eigenvalue weighted by Crippen LogP contribution is -2.11. The summed E-state index contributed by atoms with van der Waals surface area (Å²) in [6, 6.07) is 3.55. The monoisotopic (exact) mass is 198 g/mol. The van der Waals surface area contributed by atoms with Crippen molar-refractivity contribution in [2.45, 2.75) is 33.1 Å². The Hall–Kier alpha value is -0.690. The molecule has 1 N–H and O–H groups in total. The summed E-state index contributed by atoms with van der Waals surface area (Å²) in [7, 11) is 0. The van der Waals surface area contributed by atoms with Gasteiger partial charge in [0, 0.05) is 5.02 Å². The van der Waals surface area contributed by atoms with E-state index in [-0.39, 0.29) is 11.2 Å². The Morgan fingerprint density at radius 3 is 2.23 bits per heavy atom. The van der Waals surface area contributed by atoms with E-state index in [2.05, 4.69) is 20.8 Å². The number of rotatable bonds is 0. The molecule has 1 aromatic carbocycles. The zero-order valence-corrected chi connectivity index (χ0v) is 9.24. The highest BCUT2D eigenvalue weighted by Gasteiger charge is 2.18. The maximum absolute atomic E-state index is 9.67. The fraction of sp³-hybridized carbons (Fsp3) is 0.455. The highest BCUT2D eigenvalue weighted by Crippen LogP contribution is 2.34. The lowest BCUT2D eigenvalue weighted by molar-refractivity contribution is 0.446. The van der Waals surface area contributed by atoms with Gasteiger partial charge in [0.2, 0.25) is 0 Å². The van der Waals surface area contributed by atoms with Crippen LogP contribution in [-0.4, -0.2) is 5.11 Å². The fourth-order valence-electron chi connectivity index (χ4n) is 1.27. The Kier molecular flexibility index (Phi) is 2.58. The average Bonchev–Trinajstić information content (AvgIpc) is 1.94. The molecule has 0 saturated heterocycles. The Morgan fingerprint density at radius 1 is 1.23 bits per heavy atom. The maximum Gasteiger partial charge on any atom is 0.120 e. The quantitative estimate of drug-likeness (QED) is 0.675. The molecule has 2 heteroatoms. The molecule has 0 saturated carbocycles. The van der Waals surface area contributed by atoms with Crippen LogP contribution in [0.25, 0.3) is 0 Å². The molecule has 72 valence electrons. The topological polar surface area (TPSA) is 20.2 Å². The van der Waals surface area contributed by atoms with Crippen molar-refractivity contribution in [3.8, 4) is 5.75 Å². The number of hydrogen-bond acceptors (Lipinski definition) is 1. The van der Waals surface area contributed by atoms with Gasteiger partial charge in [-0.1, -0.05) is 38.4 Å². The van der Waals surface area contributed by atoms with Crippen molar-refractivity contribution in [1.29, 1.82) is 0 Å². The Balaban J connectivity index is 3.32. The first-order valence-electron chi connectivity index (χ1n) is 4.32. The number of hydrogen-bond donors (Lipinski definition) is 1. The van der Waals surface area contributed by atoms with Gasteiger partial charge in [0.25, 0.3) is 0 Å². The molecule has 1 rings (SSSR count). The van der Waals surface area contributed by atoms with Gasteiger partial charge in [-0.15, -0.1) is 0 Å². The minimum Gasteiger partial charge on any atom is -0.508 e. The van der Waals surface area contributed by atoms with E-state index < -0.39 is 0 Å². The zero-order chi connectivity index (χ0) is 10.2. The molecule has 0 unspecified atom stereocenters.